The molecule has 0 bridgehead atoms. The van der Waals surface area contributed by atoms with Crippen LogP contribution in [0.2, 0.25) is 0 Å². The highest BCUT2D eigenvalue weighted by molar-refractivity contribution is 5.97. The number of benzene rings is 2. The molecule has 1 aliphatic carbocycles. The lowest BCUT2D eigenvalue weighted by Gasteiger charge is -2.29. The lowest BCUT2D eigenvalue weighted by molar-refractivity contribution is -0.133. The number of hydrogen-bond acceptors (Lipinski definition) is 7. The third-order valence-electron chi connectivity index (χ3n) is 8.02. The SMILES string of the molecule is NC(=O)[C@H](Cc1ccccc1)NC(=O)[C@H](CCCN=C(N)N)NC(=O)[C@H](CC1CCCCC1)NC(=O)C1=COc2ccccc2O1. The summed E-state index contributed by atoms with van der Waals surface area (Å²) in [6, 6.07) is 13.0. The number of aliphatic imine (C=N–C) groups is 1. The number of carbonyl (C=O) groups excluding carboxylic acids is 4. The Hall–Kier alpha value is -5.07. The Balaban J connectivity index is 1.49. The Morgan fingerprint density at radius 2 is 1.46 bits per heavy atom. The largest absolute Gasteiger partial charge is 0.457 e. The van der Waals surface area contributed by atoms with E-state index in [4.69, 9.17) is 26.7 Å². The highest BCUT2D eigenvalue weighted by atomic mass is 16.6. The van der Waals surface area contributed by atoms with Crippen molar-refractivity contribution in [3.63, 3.8) is 0 Å². The standard InChI is InChI=1S/C33H43N7O6/c34-29(41)24(18-21-10-3-1-4-11-21)39-30(42)23(14-9-17-37-33(35)36)38-31(43)25(19-22-12-5-2-6-13-22)40-32(44)28-20-45-26-15-7-8-16-27(26)46-28/h1,3-4,7-8,10-11,15-16,20,22-25H,2,5-6,9,12-14,17-19H2,(H2,34,41)(H,38,43)(H,39,42)(H,40,44)(H4,35,36,37)/t23-,24-,25-/m0/s1. The second kappa shape index (κ2) is 16.8. The first-order valence-electron chi connectivity index (χ1n) is 15.6. The second-order valence-electron chi connectivity index (χ2n) is 11.6. The van der Waals surface area contributed by atoms with E-state index in [1.807, 2.05) is 30.3 Å². The van der Waals surface area contributed by atoms with Gasteiger partial charge in [0.25, 0.3) is 5.91 Å². The van der Waals surface area contributed by atoms with Gasteiger partial charge in [0.2, 0.25) is 23.5 Å². The molecule has 0 unspecified atom stereocenters. The van der Waals surface area contributed by atoms with Gasteiger partial charge in [-0.2, -0.15) is 0 Å². The minimum Gasteiger partial charge on any atom is -0.457 e. The van der Waals surface area contributed by atoms with Crippen molar-refractivity contribution in [1.82, 2.24) is 16.0 Å². The predicted octanol–water partition coefficient (Wildman–Crippen LogP) is 1.51. The molecule has 1 heterocycles. The molecule has 9 N–H and O–H groups in total. The molecule has 4 amide bonds. The van der Waals surface area contributed by atoms with Gasteiger partial charge >= 0.3 is 0 Å². The molecular formula is C33H43N7O6. The first kappa shape index (κ1) is 33.8. The molecule has 13 heteroatoms. The smallest absolute Gasteiger partial charge is 0.290 e. The first-order chi connectivity index (χ1) is 22.2. The van der Waals surface area contributed by atoms with Crippen LogP contribution in [-0.2, 0) is 25.6 Å². The number of amides is 4. The van der Waals surface area contributed by atoms with Crippen molar-refractivity contribution in [1.29, 1.82) is 0 Å². The molecule has 246 valence electrons. The molecule has 1 aliphatic heterocycles. The number of nitrogens with one attached hydrogen (secondary N) is 3. The highest BCUT2D eigenvalue weighted by Crippen LogP contribution is 2.32. The third kappa shape index (κ3) is 10.2. The van der Waals surface area contributed by atoms with Crippen molar-refractivity contribution in [3.8, 4) is 11.5 Å². The van der Waals surface area contributed by atoms with E-state index in [9.17, 15) is 19.2 Å². The van der Waals surface area contributed by atoms with Crippen LogP contribution >= 0.6 is 0 Å². The van der Waals surface area contributed by atoms with Crippen LogP contribution in [0.4, 0.5) is 0 Å². The first-order valence-corrected chi connectivity index (χ1v) is 15.6. The molecule has 4 rings (SSSR count). The second-order valence-corrected chi connectivity index (χ2v) is 11.6. The van der Waals surface area contributed by atoms with Gasteiger partial charge in [-0.25, -0.2) is 0 Å². The summed E-state index contributed by atoms with van der Waals surface area (Å²) >= 11 is 0. The summed E-state index contributed by atoms with van der Waals surface area (Å²) in [6.45, 7) is 0.223. The lowest BCUT2D eigenvalue weighted by Crippen LogP contribution is -2.57. The molecular weight excluding hydrogens is 590 g/mol. The average molecular weight is 634 g/mol. The average Bonchev–Trinajstić information content (AvgIpc) is 3.05. The molecule has 1 saturated carbocycles. The number of hydrogen-bond donors (Lipinski definition) is 6. The van der Waals surface area contributed by atoms with Crippen LogP contribution in [0.3, 0.4) is 0 Å². The molecule has 13 nitrogen and oxygen atoms in total. The van der Waals surface area contributed by atoms with Gasteiger partial charge in [-0.05, 0) is 42.9 Å². The van der Waals surface area contributed by atoms with Gasteiger partial charge in [0.1, 0.15) is 24.4 Å². The monoisotopic (exact) mass is 633 g/mol. The van der Waals surface area contributed by atoms with Gasteiger partial charge in [-0.15, -0.1) is 0 Å². The maximum absolute atomic E-state index is 13.8. The summed E-state index contributed by atoms with van der Waals surface area (Å²) < 4.78 is 11.3. The molecule has 0 radical (unpaired) electrons. The number of nitrogens with two attached hydrogens (primary N) is 3. The maximum Gasteiger partial charge on any atom is 0.290 e. The molecule has 46 heavy (non-hydrogen) atoms. The molecule has 1 fully saturated rings. The Morgan fingerprint density at radius 1 is 0.804 bits per heavy atom. The molecule has 2 aromatic carbocycles. The zero-order valence-electron chi connectivity index (χ0n) is 25.8. The number of primary amides is 1. The summed E-state index contributed by atoms with van der Waals surface area (Å²) in [5.41, 5.74) is 17.3. The normalized spacial score (nSPS) is 16.1. The molecule has 0 spiro atoms. The van der Waals surface area contributed by atoms with E-state index in [0.717, 1.165) is 37.7 Å². The molecule has 0 aromatic heterocycles. The summed E-state index contributed by atoms with van der Waals surface area (Å²) in [7, 11) is 0. The Bertz CT molecular complexity index is 1420. The van der Waals surface area contributed by atoms with Crippen molar-refractivity contribution >= 4 is 29.6 Å². The highest BCUT2D eigenvalue weighted by Gasteiger charge is 2.32. The van der Waals surface area contributed by atoms with Crippen LogP contribution < -0.4 is 42.6 Å². The Morgan fingerprint density at radius 3 is 2.15 bits per heavy atom. The van der Waals surface area contributed by atoms with Crippen molar-refractivity contribution in [3.05, 3.63) is 72.2 Å². The number of nitrogens with zero attached hydrogens (tertiary/aromatic N) is 1. The van der Waals surface area contributed by atoms with Gasteiger partial charge in [-0.3, -0.25) is 24.2 Å². The maximum atomic E-state index is 13.8. The van der Waals surface area contributed by atoms with Crippen molar-refractivity contribution in [2.75, 3.05) is 6.54 Å². The van der Waals surface area contributed by atoms with Gasteiger partial charge in [-0.1, -0.05) is 74.6 Å². The summed E-state index contributed by atoms with van der Waals surface area (Å²) in [5, 5.41) is 8.30. The Labute approximate surface area is 268 Å². The van der Waals surface area contributed by atoms with Crippen molar-refractivity contribution in [2.45, 2.75) is 75.9 Å². The van der Waals surface area contributed by atoms with E-state index >= 15 is 0 Å². The van der Waals surface area contributed by atoms with E-state index in [1.54, 1.807) is 24.3 Å². The lowest BCUT2D eigenvalue weighted by atomic mass is 9.84. The number of guanidine groups is 1. The van der Waals surface area contributed by atoms with Gasteiger partial charge in [0.05, 0.1) is 0 Å². The zero-order chi connectivity index (χ0) is 32.9. The molecule has 0 saturated heterocycles. The van der Waals surface area contributed by atoms with E-state index in [-0.39, 0.29) is 37.0 Å². The topological polar surface area (TPSA) is 213 Å². The Kier molecular flexibility index (Phi) is 12.4. The zero-order valence-corrected chi connectivity index (χ0v) is 25.8. The van der Waals surface area contributed by atoms with Crippen LogP contribution in [0.1, 0.15) is 56.9 Å². The van der Waals surface area contributed by atoms with Crippen LogP contribution in [0.5, 0.6) is 11.5 Å². The number of carbonyl (C=O) groups is 4. The summed E-state index contributed by atoms with van der Waals surface area (Å²) in [6.07, 6.45) is 7.33. The van der Waals surface area contributed by atoms with Crippen LogP contribution in [0.25, 0.3) is 0 Å². The number of para-hydroxylation sites is 2. The van der Waals surface area contributed by atoms with E-state index in [1.165, 1.54) is 6.26 Å². The number of rotatable bonds is 15. The fourth-order valence-electron chi connectivity index (χ4n) is 5.60. The van der Waals surface area contributed by atoms with Crippen LogP contribution in [0, 0.1) is 5.92 Å². The van der Waals surface area contributed by atoms with E-state index in [2.05, 4.69) is 20.9 Å². The van der Waals surface area contributed by atoms with Gasteiger partial charge < -0.3 is 42.6 Å². The van der Waals surface area contributed by atoms with E-state index in [0.29, 0.717) is 24.3 Å². The van der Waals surface area contributed by atoms with E-state index < -0.39 is 41.8 Å². The predicted molar refractivity (Wildman–Crippen MR) is 172 cm³/mol. The molecule has 2 aliphatic rings. The van der Waals surface area contributed by atoms with Gasteiger partial charge in [0, 0.05) is 13.0 Å². The minimum absolute atomic E-state index is 0.0946. The number of ether oxygens (including phenoxy) is 2. The van der Waals surface area contributed by atoms with Crippen LogP contribution in [-0.4, -0.2) is 54.3 Å². The summed E-state index contributed by atoms with van der Waals surface area (Å²) in [4.78, 5) is 57.0. The summed E-state index contributed by atoms with van der Waals surface area (Å²) in [5.74, 6) is -1.62. The van der Waals surface area contributed by atoms with Gasteiger partial charge in [0.15, 0.2) is 17.5 Å². The van der Waals surface area contributed by atoms with Crippen molar-refractivity contribution < 1.29 is 28.7 Å². The van der Waals surface area contributed by atoms with Crippen molar-refractivity contribution in [2.24, 2.45) is 28.1 Å². The molecule has 2 aromatic rings. The number of fused-ring (bicyclic) bond motifs is 1. The third-order valence-corrected chi connectivity index (χ3v) is 8.02. The fourth-order valence-corrected chi connectivity index (χ4v) is 5.60. The van der Waals surface area contributed by atoms with Crippen LogP contribution in [0.15, 0.2) is 71.6 Å². The molecule has 3 atom stereocenters. The minimum atomic E-state index is -1.06. The fraction of sp³-hybridized carbons (Fsp3) is 0.424. The quantitative estimate of drug-likeness (QED) is 0.0958.